The number of benzene rings is 4. The fraction of sp³-hybridized carbons (Fsp3) is 0.333. The number of ketones is 1. The van der Waals surface area contributed by atoms with Crippen molar-refractivity contribution in [2.24, 2.45) is 0 Å². The van der Waals surface area contributed by atoms with Crippen LogP contribution in [0.3, 0.4) is 0 Å². The molecule has 0 aliphatic carbocycles. The minimum Gasteiger partial charge on any atom is -0.508 e. The summed E-state index contributed by atoms with van der Waals surface area (Å²) in [7, 11) is 0. The Morgan fingerprint density at radius 1 is 0.667 bits per heavy atom. The van der Waals surface area contributed by atoms with Crippen molar-refractivity contribution in [3.63, 3.8) is 0 Å². The SMILES string of the molecule is C[C@@H]1O[C@@H](OC[C@H]2O[C@@H](Oc3c(-c4ccc(O)cc4)oc4c([C@@]56O[C@]5(c5ccc(O)cc5)Oc5cc(O)cc(O)c5C6=O)c(O)cc(O)c4c3=O)[C@H](O)[C@@H](O)[C@@H]2O)[C@H](O)[C@H](O)[C@H]1O. The van der Waals surface area contributed by atoms with Gasteiger partial charge in [-0.25, -0.2) is 0 Å². The van der Waals surface area contributed by atoms with E-state index in [4.69, 9.17) is 32.8 Å². The first-order chi connectivity index (χ1) is 29.9. The predicted octanol–water partition coefficient (Wildman–Crippen LogP) is 0.0779. The number of phenolic OH excluding ortho intramolecular Hbond substituents is 6. The fourth-order valence-electron chi connectivity index (χ4n) is 8.21. The number of fused-ring (bicyclic) bond motifs is 3. The molecule has 0 saturated carbocycles. The minimum atomic E-state index is -2.54. The second-order valence-corrected chi connectivity index (χ2v) is 15.5. The van der Waals surface area contributed by atoms with Crippen molar-refractivity contribution in [2.75, 3.05) is 6.61 Å². The van der Waals surface area contributed by atoms with E-state index in [0.717, 1.165) is 12.1 Å². The number of carbonyl (C=O) groups is 1. The molecule has 0 amide bonds. The second-order valence-electron chi connectivity index (χ2n) is 15.5. The number of ether oxygens (including phenoxy) is 6. The molecule has 12 atom stereocenters. The maximum Gasteiger partial charge on any atom is 0.280 e. The summed E-state index contributed by atoms with van der Waals surface area (Å²) in [5.41, 5.74) is -5.60. The van der Waals surface area contributed by atoms with Gasteiger partial charge >= 0.3 is 0 Å². The number of hydrogen-bond donors (Lipinski definition) is 12. The average Bonchev–Trinajstić information content (AvgIpc) is 3.92. The highest BCUT2D eigenvalue weighted by atomic mass is 16.8. The predicted molar refractivity (Wildman–Crippen MR) is 206 cm³/mol. The Morgan fingerprint density at radius 3 is 1.98 bits per heavy atom. The Balaban J connectivity index is 1.18. The van der Waals surface area contributed by atoms with Crippen molar-refractivity contribution in [1.29, 1.82) is 0 Å². The molecule has 3 saturated heterocycles. The van der Waals surface area contributed by atoms with Gasteiger partial charge in [-0.1, -0.05) is 0 Å². The van der Waals surface area contributed by atoms with E-state index in [1.807, 2.05) is 0 Å². The Labute approximate surface area is 352 Å². The highest BCUT2D eigenvalue weighted by Crippen LogP contribution is 2.70. The van der Waals surface area contributed by atoms with E-state index in [9.17, 15) is 70.9 Å². The number of aliphatic hydroxyl groups excluding tert-OH is 6. The molecule has 4 aromatic carbocycles. The molecule has 0 radical (unpaired) electrons. The molecule has 21 nitrogen and oxygen atoms in total. The molecule has 4 aliphatic heterocycles. The highest BCUT2D eigenvalue weighted by Gasteiger charge is 2.83. The Kier molecular flexibility index (Phi) is 9.98. The van der Waals surface area contributed by atoms with Gasteiger partial charge < -0.3 is 94.1 Å². The largest absolute Gasteiger partial charge is 0.508 e. The Hall–Kier alpha value is -6.24. The van der Waals surface area contributed by atoms with Crippen molar-refractivity contribution in [2.45, 2.75) is 79.7 Å². The van der Waals surface area contributed by atoms with Gasteiger partial charge in [0, 0.05) is 29.3 Å². The monoisotopic (exact) mass is 878 g/mol. The number of epoxide rings is 1. The zero-order valence-electron chi connectivity index (χ0n) is 32.4. The maximum atomic E-state index is 14.8. The number of phenols is 6. The van der Waals surface area contributed by atoms with Crippen molar-refractivity contribution in [1.82, 2.24) is 0 Å². The Morgan fingerprint density at radius 2 is 1.30 bits per heavy atom. The maximum absolute atomic E-state index is 14.8. The second kappa shape index (κ2) is 14.9. The van der Waals surface area contributed by atoms with E-state index < -0.39 is 147 Å². The van der Waals surface area contributed by atoms with Crippen LogP contribution in [0.15, 0.2) is 75.9 Å². The molecule has 0 bridgehead atoms. The van der Waals surface area contributed by atoms with E-state index >= 15 is 0 Å². The van der Waals surface area contributed by atoms with Crippen LogP contribution in [0.2, 0.25) is 0 Å². The summed E-state index contributed by atoms with van der Waals surface area (Å²) in [6.45, 7) is 0.706. The van der Waals surface area contributed by atoms with Crippen LogP contribution >= 0.6 is 0 Å². The number of Topliss-reactive ketones (excluding diaryl/α,β-unsaturated/α-hetero) is 1. The lowest BCUT2D eigenvalue weighted by Gasteiger charge is -2.42. The van der Waals surface area contributed by atoms with Crippen LogP contribution in [0.5, 0.6) is 46.0 Å². The standard InChI is InChI=1S/C42H38O21/c1-14-28(49)31(52)33(54)39(58-14)57-13-24-29(50)32(53)34(55)40(59-24)61-37-30(51)26-21(47)12-22(48)27(36(26)60-35(37)15-2-6-17(43)7-3-15)41-38(56)25-20(46)10-19(45)11-23(25)62-42(41,63-41)16-4-8-18(44)9-5-16/h2-12,14,24,28-29,31-34,39-40,43-50,52-55H,13H2,1H3/t14-,24+,28-,29+,31+,32-,33+,34+,39+,40-,41-,42-/m0/s1. The first-order valence-electron chi connectivity index (χ1n) is 19.2. The van der Waals surface area contributed by atoms with Gasteiger partial charge in [0.2, 0.25) is 28.9 Å². The summed E-state index contributed by atoms with van der Waals surface area (Å²) in [4.78, 5) is 29.6. The molecule has 63 heavy (non-hydrogen) atoms. The average molecular weight is 879 g/mol. The van der Waals surface area contributed by atoms with Gasteiger partial charge in [-0.05, 0) is 55.5 Å². The van der Waals surface area contributed by atoms with Gasteiger partial charge in [0.15, 0.2) is 17.6 Å². The number of aromatic hydroxyl groups is 6. The third-order valence-corrected chi connectivity index (χ3v) is 11.5. The third-order valence-electron chi connectivity index (χ3n) is 11.5. The van der Waals surface area contributed by atoms with Crippen molar-refractivity contribution >= 4 is 16.8 Å². The smallest absolute Gasteiger partial charge is 0.280 e. The summed E-state index contributed by atoms with van der Waals surface area (Å²) in [5.74, 6) is -8.57. The molecule has 0 spiro atoms. The Bertz CT molecular complexity index is 2680. The number of aliphatic hydroxyl groups is 6. The quantitative estimate of drug-likeness (QED) is 0.0918. The van der Waals surface area contributed by atoms with E-state index in [1.54, 1.807) is 0 Å². The number of carbonyl (C=O) groups excluding carboxylic acids is 1. The molecular weight excluding hydrogens is 840 g/mol. The molecule has 21 heteroatoms. The first-order valence-corrected chi connectivity index (χ1v) is 19.2. The van der Waals surface area contributed by atoms with Gasteiger partial charge in [-0.2, -0.15) is 0 Å². The van der Waals surface area contributed by atoms with Crippen LogP contribution in [0.1, 0.15) is 28.4 Å². The summed E-state index contributed by atoms with van der Waals surface area (Å²) < 4.78 is 41.4. The van der Waals surface area contributed by atoms with Crippen molar-refractivity contribution in [3.8, 4) is 57.3 Å². The van der Waals surface area contributed by atoms with E-state index in [0.29, 0.717) is 6.07 Å². The van der Waals surface area contributed by atoms with Crippen LogP contribution in [-0.4, -0.2) is 135 Å². The van der Waals surface area contributed by atoms with Gasteiger partial charge in [0.25, 0.3) is 5.79 Å². The number of rotatable bonds is 8. The van der Waals surface area contributed by atoms with Gasteiger partial charge in [0.1, 0.15) is 93.9 Å². The van der Waals surface area contributed by atoms with Crippen LogP contribution in [-0.2, 0) is 30.3 Å². The van der Waals surface area contributed by atoms with E-state index in [1.165, 1.54) is 55.5 Å². The number of hydrogen-bond acceptors (Lipinski definition) is 21. The molecule has 12 N–H and O–H groups in total. The zero-order chi connectivity index (χ0) is 45.0. The van der Waals surface area contributed by atoms with Crippen LogP contribution in [0.4, 0.5) is 0 Å². The molecule has 5 aromatic rings. The lowest BCUT2D eigenvalue weighted by molar-refractivity contribution is -0.318. The van der Waals surface area contributed by atoms with E-state index in [-0.39, 0.29) is 28.4 Å². The van der Waals surface area contributed by atoms with Gasteiger partial charge in [-0.15, -0.1) is 0 Å². The van der Waals surface area contributed by atoms with Crippen molar-refractivity contribution in [3.05, 3.63) is 93.6 Å². The van der Waals surface area contributed by atoms with Crippen LogP contribution < -0.4 is 14.9 Å². The summed E-state index contributed by atoms with van der Waals surface area (Å²) in [5, 5.41) is 127. The molecule has 0 unspecified atom stereocenters. The van der Waals surface area contributed by atoms with Gasteiger partial charge in [-0.3, -0.25) is 9.59 Å². The lowest BCUT2D eigenvalue weighted by atomic mass is 9.79. The highest BCUT2D eigenvalue weighted by molar-refractivity contribution is 6.13. The lowest BCUT2D eigenvalue weighted by Crippen LogP contribution is -2.61. The fourth-order valence-corrected chi connectivity index (χ4v) is 8.21. The first kappa shape index (κ1) is 42.1. The minimum absolute atomic E-state index is 0.0386. The summed E-state index contributed by atoms with van der Waals surface area (Å²) in [6.07, 6.45) is -17.1. The van der Waals surface area contributed by atoms with E-state index in [2.05, 4.69) is 0 Å². The molecule has 3 fully saturated rings. The molecule has 9 rings (SSSR count). The summed E-state index contributed by atoms with van der Waals surface area (Å²) in [6, 6.07) is 12.6. The molecule has 1 aromatic heterocycles. The van der Waals surface area contributed by atoms with Crippen LogP contribution in [0, 0.1) is 0 Å². The normalized spacial score (nSPS) is 32.4. The van der Waals surface area contributed by atoms with Crippen LogP contribution in [0.25, 0.3) is 22.3 Å². The zero-order valence-corrected chi connectivity index (χ0v) is 32.4. The van der Waals surface area contributed by atoms with Gasteiger partial charge in [0.05, 0.1) is 18.3 Å². The topological polar surface area (TPSA) is 349 Å². The molecular formula is C42H38O21. The molecule has 332 valence electrons. The van der Waals surface area contributed by atoms with Crippen molar-refractivity contribution < 1.29 is 98.9 Å². The third kappa shape index (κ3) is 6.39. The summed E-state index contributed by atoms with van der Waals surface area (Å²) >= 11 is 0. The molecule has 5 heterocycles. The molecule has 4 aliphatic rings.